The summed E-state index contributed by atoms with van der Waals surface area (Å²) in [7, 11) is 1.77. The minimum absolute atomic E-state index is 0. The maximum Gasteiger partial charge on any atom is 0.227 e. The summed E-state index contributed by atoms with van der Waals surface area (Å²) in [5.74, 6) is 1.10. The molecule has 6 nitrogen and oxygen atoms in total. The van der Waals surface area contributed by atoms with Gasteiger partial charge in [-0.05, 0) is 42.7 Å². The fourth-order valence-electron chi connectivity index (χ4n) is 3.42. The van der Waals surface area contributed by atoms with Crippen molar-refractivity contribution in [2.75, 3.05) is 18.9 Å². The third kappa shape index (κ3) is 6.85. The SMILES string of the molecule is CN=C(NCCn1cccc1)NCc1cccc(NC(=O)C2CCCC2)c1.I. The highest BCUT2D eigenvalue weighted by molar-refractivity contribution is 14.0. The first-order chi connectivity index (χ1) is 13.2. The van der Waals surface area contributed by atoms with Gasteiger partial charge in [0.25, 0.3) is 0 Å². The van der Waals surface area contributed by atoms with Crippen molar-refractivity contribution in [3.05, 3.63) is 54.4 Å². The van der Waals surface area contributed by atoms with E-state index in [0.29, 0.717) is 6.54 Å². The van der Waals surface area contributed by atoms with Gasteiger partial charge in [0, 0.05) is 50.7 Å². The Hall–Kier alpha value is -2.03. The first-order valence-electron chi connectivity index (χ1n) is 9.69. The topological polar surface area (TPSA) is 70.5 Å². The summed E-state index contributed by atoms with van der Waals surface area (Å²) in [6, 6.07) is 12.0. The zero-order valence-electron chi connectivity index (χ0n) is 16.4. The third-order valence-electron chi connectivity index (χ3n) is 4.93. The molecular formula is C21H30IN5O. The highest BCUT2D eigenvalue weighted by Crippen LogP contribution is 2.26. The fourth-order valence-corrected chi connectivity index (χ4v) is 3.42. The molecule has 1 aromatic carbocycles. The molecule has 1 aromatic heterocycles. The molecule has 3 rings (SSSR count). The van der Waals surface area contributed by atoms with Crippen LogP contribution >= 0.6 is 24.0 Å². The van der Waals surface area contributed by atoms with Gasteiger partial charge in [0.2, 0.25) is 5.91 Å². The maximum absolute atomic E-state index is 12.3. The second kappa shape index (κ2) is 11.7. The summed E-state index contributed by atoms with van der Waals surface area (Å²) in [5.41, 5.74) is 1.97. The highest BCUT2D eigenvalue weighted by Gasteiger charge is 2.22. The van der Waals surface area contributed by atoms with E-state index in [1.165, 1.54) is 12.8 Å². The molecule has 152 valence electrons. The first-order valence-corrected chi connectivity index (χ1v) is 9.69. The van der Waals surface area contributed by atoms with E-state index in [0.717, 1.165) is 43.1 Å². The molecule has 1 fully saturated rings. The van der Waals surface area contributed by atoms with Gasteiger partial charge in [-0.2, -0.15) is 0 Å². The van der Waals surface area contributed by atoms with E-state index < -0.39 is 0 Å². The Labute approximate surface area is 184 Å². The number of hydrogen-bond donors (Lipinski definition) is 3. The second-order valence-electron chi connectivity index (χ2n) is 6.94. The molecule has 0 saturated heterocycles. The molecule has 1 heterocycles. The van der Waals surface area contributed by atoms with Crippen molar-refractivity contribution in [3.8, 4) is 0 Å². The van der Waals surface area contributed by atoms with Crippen LogP contribution in [0.15, 0.2) is 53.8 Å². The van der Waals surface area contributed by atoms with Crippen LogP contribution in [0.1, 0.15) is 31.2 Å². The van der Waals surface area contributed by atoms with Crippen molar-refractivity contribution >= 4 is 41.5 Å². The van der Waals surface area contributed by atoms with Crippen LogP contribution in [0.5, 0.6) is 0 Å². The number of aromatic nitrogens is 1. The quantitative estimate of drug-likeness (QED) is 0.313. The Morgan fingerprint density at radius 2 is 1.89 bits per heavy atom. The second-order valence-corrected chi connectivity index (χ2v) is 6.94. The standard InChI is InChI=1S/C21H29N5O.HI/c1-22-21(23-11-14-26-12-4-5-13-26)24-16-17-7-6-10-19(15-17)25-20(27)18-8-2-3-9-18;/h4-7,10,12-13,15,18H,2-3,8-9,11,14,16H2,1H3,(H,25,27)(H2,22,23,24);1H. The molecule has 1 aliphatic rings. The van der Waals surface area contributed by atoms with Crippen LogP contribution in [0.25, 0.3) is 0 Å². The van der Waals surface area contributed by atoms with Crippen LogP contribution in [0, 0.1) is 5.92 Å². The monoisotopic (exact) mass is 495 g/mol. The van der Waals surface area contributed by atoms with Crippen LogP contribution in [-0.2, 0) is 17.9 Å². The van der Waals surface area contributed by atoms with Gasteiger partial charge < -0.3 is 20.5 Å². The van der Waals surface area contributed by atoms with Crippen LogP contribution in [0.2, 0.25) is 0 Å². The van der Waals surface area contributed by atoms with E-state index in [2.05, 4.69) is 25.5 Å². The molecule has 1 saturated carbocycles. The Bertz CT molecular complexity index is 754. The average molecular weight is 495 g/mol. The average Bonchev–Trinajstić information content (AvgIpc) is 3.38. The minimum Gasteiger partial charge on any atom is -0.355 e. The molecular weight excluding hydrogens is 465 g/mol. The lowest BCUT2D eigenvalue weighted by atomic mass is 10.1. The van der Waals surface area contributed by atoms with E-state index in [1.807, 2.05) is 48.8 Å². The van der Waals surface area contributed by atoms with Gasteiger partial charge in [0.15, 0.2) is 5.96 Å². The Balaban J connectivity index is 0.00000280. The van der Waals surface area contributed by atoms with Crippen LogP contribution < -0.4 is 16.0 Å². The number of aliphatic imine (C=N–C) groups is 1. The van der Waals surface area contributed by atoms with Gasteiger partial charge in [0.1, 0.15) is 0 Å². The number of halogens is 1. The fraction of sp³-hybridized carbons (Fsp3) is 0.429. The van der Waals surface area contributed by atoms with Crippen molar-refractivity contribution in [3.63, 3.8) is 0 Å². The first kappa shape index (κ1) is 22.3. The lowest BCUT2D eigenvalue weighted by Gasteiger charge is -2.14. The van der Waals surface area contributed by atoms with Gasteiger partial charge in [-0.1, -0.05) is 25.0 Å². The largest absolute Gasteiger partial charge is 0.355 e. The zero-order valence-corrected chi connectivity index (χ0v) is 18.7. The number of rotatable bonds is 7. The molecule has 1 aliphatic carbocycles. The number of anilines is 1. The van der Waals surface area contributed by atoms with Gasteiger partial charge in [-0.25, -0.2) is 0 Å². The third-order valence-corrected chi connectivity index (χ3v) is 4.93. The smallest absolute Gasteiger partial charge is 0.227 e. The molecule has 0 atom stereocenters. The van der Waals surface area contributed by atoms with Gasteiger partial charge in [-0.3, -0.25) is 9.79 Å². The Kier molecular flexibility index (Phi) is 9.33. The number of nitrogens with one attached hydrogen (secondary N) is 3. The van der Waals surface area contributed by atoms with Crippen LogP contribution in [-0.4, -0.2) is 30.0 Å². The summed E-state index contributed by atoms with van der Waals surface area (Å²) in [6.07, 6.45) is 8.44. The van der Waals surface area contributed by atoms with Crippen molar-refractivity contribution in [2.24, 2.45) is 10.9 Å². The van der Waals surface area contributed by atoms with Gasteiger partial charge in [0.05, 0.1) is 0 Å². The molecule has 0 bridgehead atoms. The van der Waals surface area contributed by atoms with Gasteiger partial charge >= 0.3 is 0 Å². The molecule has 7 heteroatoms. The maximum atomic E-state index is 12.3. The summed E-state index contributed by atoms with van der Waals surface area (Å²) in [4.78, 5) is 16.6. The van der Waals surface area contributed by atoms with E-state index in [-0.39, 0.29) is 35.8 Å². The van der Waals surface area contributed by atoms with E-state index >= 15 is 0 Å². The summed E-state index contributed by atoms with van der Waals surface area (Å²) >= 11 is 0. The van der Waals surface area contributed by atoms with Crippen molar-refractivity contribution < 1.29 is 4.79 Å². The lowest BCUT2D eigenvalue weighted by molar-refractivity contribution is -0.119. The number of guanidine groups is 1. The summed E-state index contributed by atoms with van der Waals surface area (Å²) in [5, 5.41) is 9.69. The molecule has 0 spiro atoms. The summed E-state index contributed by atoms with van der Waals surface area (Å²) in [6.45, 7) is 2.33. The zero-order chi connectivity index (χ0) is 18.9. The predicted molar refractivity (Wildman–Crippen MR) is 125 cm³/mol. The van der Waals surface area contributed by atoms with Crippen LogP contribution in [0.3, 0.4) is 0 Å². The number of carbonyl (C=O) groups excluding carboxylic acids is 1. The molecule has 2 aromatic rings. The molecule has 0 unspecified atom stereocenters. The Morgan fingerprint density at radius 3 is 2.61 bits per heavy atom. The number of benzene rings is 1. The summed E-state index contributed by atoms with van der Waals surface area (Å²) < 4.78 is 2.12. The number of carbonyl (C=O) groups is 1. The lowest BCUT2D eigenvalue weighted by Crippen LogP contribution is -2.38. The minimum atomic E-state index is 0. The van der Waals surface area contributed by atoms with Crippen molar-refractivity contribution in [2.45, 2.75) is 38.8 Å². The van der Waals surface area contributed by atoms with E-state index in [4.69, 9.17) is 0 Å². The van der Waals surface area contributed by atoms with Crippen molar-refractivity contribution in [1.82, 2.24) is 15.2 Å². The molecule has 28 heavy (non-hydrogen) atoms. The number of nitrogens with zero attached hydrogens (tertiary/aromatic N) is 2. The van der Waals surface area contributed by atoms with Crippen molar-refractivity contribution in [1.29, 1.82) is 0 Å². The normalized spacial score (nSPS) is 14.4. The van der Waals surface area contributed by atoms with Gasteiger partial charge in [-0.15, -0.1) is 24.0 Å². The number of amides is 1. The van der Waals surface area contributed by atoms with E-state index in [9.17, 15) is 4.79 Å². The molecule has 0 radical (unpaired) electrons. The predicted octanol–water partition coefficient (Wildman–Crippen LogP) is 3.60. The van der Waals surface area contributed by atoms with E-state index in [1.54, 1.807) is 7.05 Å². The highest BCUT2D eigenvalue weighted by atomic mass is 127. The Morgan fingerprint density at radius 1 is 1.14 bits per heavy atom. The molecule has 0 aliphatic heterocycles. The number of hydrogen-bond acceptors (Lipinski definition) is 2. The molecule has 1 amide bonds. The van der Waals surface area contributed by atoms with Crippen LogP contribution in [0.4, 0.5) is 5.69 Å². The molecule has 3 N–H and O–H groups in total.